The van der Waals surface area contributed by atoms with E-state index in [9.17, 15) is 20.0 Å². The number of benzene rings is 2. The zero-order chi connectivity index (χ0) is 23.1. The minimum Gasteiger partial charge on any atom is -0.478 e. The van der Waals surface area contributed by atoms with Crippen molar-refractivity contribution >= 4 is 34.2 Å². The molecule has 0 spiro atoms. The molecule has 1 atom stereocenters. The number of pyridine rings is 1. The summed E-state index contributed by atoms with van der Waals surface area (Å²) in [5.74, 6) is 0.394. The molecule has 2 heterocycles. The Kier molecular flexibility index (Phi) is 5.01. The molecule has 1 N–H and O–H groups in total. The smallest absolute Gasteiger partial charge is 0.336 e. The fourth-order valence-corrected chi connectivity index (χ4v) is 4.51. The average molecular weight is 440 g/mol. The second kappa shape index (κ2) is 8.02. The monoisotopic (exact) mass is 440 g/mol. The van der Waals surface area contributed by atoms with E-state index in [1.165, 1.54) is 12.1 Å². The maximum atomic E-state index is 12.2. The molecule has 1 unspecified atom stereocenters. The third kappa shape index (κ3) is 3.78. The predicted molar refractivity (Wildman–Crippen MR) is 125 cm³/mol. The average Bonchev–Trinajstić information content (AvgIpc) is 3.26. The van der Waals surface area contributed by atoms with Gasteiger partial charge in [-0.2, -0.15) is 0 Å². The van der Waals surface area contributed by atoms with Crippen molar-refractivity contribution in [2.45, 2.75) is 19.8 Å². The van der Waals surface area contributed by atoms with E-state index in [1.54, 1.807) is 30.3 Å². The Morgan fingerprint density at radius 2 is 1.97 bits per heavy atom. The van der Waals surface area contributed by atoms with Crippen LogP contribution in [0.4, 0.5) is 5.69 Å². The number of carboxylic acid groups (broad SMARTS) is 1. The van der Waals surface area contributed by atoms with Gasteiger partial charge in [-0.15, -0.1) is 0 Å². The number of fused-ring (bicyclic) bond motifs is 2. The van der Waals surface area contributed by atoms with E-state index in [4.69, 9.17) is 9.40 Å². The number of nitro groups is 1. The lowest BCUT2D eigenvalue weighted by atomic mass is 9.81. The normalized spacial score (nSPS) is 16.6. The van der Waals surface area contributed by atoms with Gasteiger partial charge in [0.15, 0.2) is 0 Å². The highest BCUT2D eigenvalue weighted by Crippen LogP contribution is 2.39. The number of aromatic carboxylic acids is 1. The molecule has 0 radical (unpaired) electrons. The van der Waals surface area contributed by atoms with Gasteiger partial charge in [0.2, 0.25) is 0 Å². The van der Waals surface area contributed by atoms with Crippen molar-refractivity contribution < 1.29 is 19.2 Å². The number of carboxylic acids is 1. The largest absolute Gasteiger partial charge is 0.478 e. The molecule has 0 amide bonds. The molecule has 2 aromatic heterocycles. The molecule has 0 saturated heterocycles. The van der Waals surface area contributed by atoms with Crippen LogP contribution in [0.3, 0.4) is 0 Å². The van der Waals surface area contributed by atoms with Crippen molar-refractivity contribution in [1.29, 1.82) is 0 Å². The van der Waals surface area contributed by atoms with Crippen LogP contribution in [0.1, 0.15) is 40.7 Å². The molecule has 0 bridgehead atoms. The fourth-order valence-electron chi connectivity index (χ4n) is 4.51. The van der Waals surface area contributed by atoms with Crippen LogP contribution in [0.2, 0.25) is 0 Å². The molecule has 0 fully saturated rings. The summed E-state index contributed by atoms with van der Waals surface area (Å²) in [4.78, 5) is 27.6. The number of nitro benzene ring substituents is 1. The minimum atomic E-state index is -0.954. The lowest BCUT2D eigenvalue weighted by Crippen LogP contribution is -2.17. The Morgan fingerprint density at radius 1 is 1.15 bits per heavy atom. The number of non-ortho nitro benzene ring substituents is 1. The van der Waals surface area contributed by atoms with Gasteiger partial charge in [0.25, 0.3) is 5.69 Å². The van der Waals surface area contributed by atoms with E-state index < -0.39 is 10.9 Å². The number of para-hydroxylation sites is 1. The Bertz CT molecular complexity index is 1450. The number of rotatable bonds is 4. The Hall–Kier alpha value is -4.26. The zero-order valence-corrected chi connectivity index (χ0v) is 17.8. The molecule has 0 saturated carbocycles. The first-order chi connectivity index (χ1) is 15.9. The summed E-state index contributed by atoms with van der Waals surface area (Å²) >= 11 is 0. The zero-order valence-electron chi connectivity index (χ0n) is 17.8. The predicted octanol–water partition coefficient (Wildman–Crippen LogP) is 6.22. The van der Waals surface area contributed by atoms with Crippen molar-refractivity contribution in [2.24, 2.45) is 5.92 Å². The molecule has 2 aromatic carbocycles. The van der Waals surface area contributed by atoms with Gasteiger partial charge in [0.05, 0.1) is 21.7 Å². The second-order valence-electron chi connectivity index (χ2n) is 8.33. The highest BCUT2D eigenvalue weighted by molar-refractivity contribution is 6.05. The first-order valence-corrected chi connectivity index (χ1v) is 10.6. The molecular formula is C26H20N2O5. The van der Waals surface area contributed by atoms with Gasteiger partial charge in [-0.25, -0.2) is 9.78 Å². The molecule has 5 rings (SSSR count). The van der Waals surface area contributed by atoms with E-state index in [1.807, 2.05) is 24.3 Å². The Labute approximate surface area is 189 Å². The molecule has 1 aliphatic rings. The summed E-state index contributed by atoms with van der Waals surface area (Å²) in [5, 5.41) is 21.7. The van der Waals surface area contributed by atoms with Gasteiger partial charge in [-0.1, -0.05) is 37.3 Å². The van der Waals surface area contributed by atoms with Crippen LogP contribution >= 0.6 is 0 Å². The molecule has 7 nitrogen and oxygen atoms in total. The van der Waals surface area contributed by atoms with Crippen LogP contribution in [0.25, 0.3) is 33.9 Å². The lowest BCUT2D eigenvalue weighted by Gasteiger charge is -2.25. The van der Waals surface area contributed by atoms with E-state index in [2.05, 4.69) is 6.92 Å². The summed E-state index contributed by atoms with van der Waals surface area (Å²) in [6.45, 7) is 2.09. The maximum Gasteiger partial charge on any atom is 0.336 e. The number of carbonyl (C=O) groups is 1. The number of allylic oxidation sites excluding steroid dienone is 1. The van der Waals surface area contributed by atoms with Crippen molar-refractivity contribution in [3.8, 4) is 11.3 Å². The summed E-state index contributed by atoms with van der Waals surface area (Å²) in [7, 11) is 0. The third-order valence-corrected chi connectivity index (χ3v) is 5.92. The van der Waals surface area contributed by atoms with Crippen molar-refractivity contribution in [3.05, 3.63) is 93.4 Å². The van der Waals surface area contributed by atoms with Crippen LogP contribution in [-0.4, -0.2) is 21.0 Å². The highest BCUT2D eigenvalue weighted by atomic mass is 16.6. The van der Waals surface area contributed by atoms with Gasteiger partial charge >= 0.3 is 5.97 Å². The fraction of sp³-hybridized carbons (Fsp3) is 0.154. The molecule has 164 valence electrons. The number of aromatic nitrogens is 1. The summed E-state index contributed by atoms with van der Waals surface area (Å²) in [6.07, 6.45) is 3.27. The standard InChI is InChI=1S/C26H20N2O5/c1-15-11-17(14-19-9-10-23(33-19)16-5-4-6-18(13-16)28(31)32)25-21(12-15)24(26(29)30)20-7-2-3-8-22(20)27-25/h2-10,13-15H,11-12H2,1H3,(H,29,30). The van der Waals surface area contributed by atoms with Gasteiger partial charge in [0, 0.05) is 23.1 Å². The number of furan rings is 1. The van der Waals surface area contributed by atoms with Crippen LogP contribution in [0, 0.1) is 16.0 Å². The molecule has 7 heteroatoms. The van der Waals surface area contributed by atoms with E-state index in [-0.39, 0.29) is 11.6 Å². The van der Waals surface area contributed by atoms with Crippen molar-refractivity contribution in [2.75, 3.05) is 0 Å². The van der Waals surface area contributed by atoms with Crippen LogP contribution in [-0.2, 0) is 6.42 Å². The van der Waals surface area contributed by atoms with Gasteiger partial charge < -0.3 is 9.52 Å². The van der Waals surface area contributed by atoms with Crippen LogP contribution in [0.15, 0.2) is 65.1 Å². The summed E-state index contributed by atoms with van der Waals surface area (Å²) in [5.41, 5.74) is 3.92. The molecule has 1 aliphatic carbocycles. The van der Waals surface area contributed by atoms with E-state index in [0.29, 0.717) is 45.7 Å². The Morgan fingerprint density at radius 3 is 2.76 bits per heavy atom. The summed E-state index contributed by atoms with van der Waals surface area (Å²) < 4.78 is 5.98. The highest BCUT2D eigenvalue weighted by Gasteiger charge is 2.28. The topological polar surface area (TPSA) is 106 Å². The molecule has 33 heavy (non-hydrogen) atoms. The second-order valence-corrected chi connectivity index (χ2v) is 8.33. The van der Waals surface area contributed by atoms with Crippen LogP contribution in [0.5, 0.6) is 0 Å². The van der Waals surface area contributed by atoms with Crippen LogP contribution < -0.4 is 0 Å². The number of nitrogens with zero attached hydrogens (tertiary/aromatic N) is 2. The Balaban J connectivity index is 1.61. The van der Waals surface area contributed by atoms with E-state index in [0.717, 1.165) is 17.6 Å². The quantitative estimate of drug-likeness (QED) is 0.298. The number of hydrogen-bond acceptors (Lipinski definition) is 5. The third-order valence-electron chi connectivity index (χ3n) is 5.92. The maximum absolute atomic E-state index is 12.2. The van der Waals surface area contributed by atoms with Gasteiger partial charge in [-0.05, 0) is 54.2 Å². The summed E-state index contributed by atoms with van der Waals surface area (Å²) in [6, 6.07) is 17.2. The molecule has 0 aliphatic heterocycles. The first kappa shape index (κ1) is 20.6. The molecular weight excluding hydrogens is 420 g/mol. The van der Waals surface area contributed by atoms with Gasteiger partial charge in [0.1, 0.15) is 11.5 Å². The SMILES string of the molecule is CC1CC(=Cc2ccc(-c3cccc([N+](=O)[O-])c3)o2)c2nc3ccccc3c(C(=O)O)c2C1. The van der Waals surface area contributed by atoms with Gasteiger partial charge in [-0.3, -0.25) is 10.1 Å². The minimum absolute atomic E-state index is 0.00360. The molecule has 4 aromatic rings. The first-order valence-electron chi connectivity index (χ1n) is 10.6. The number of hydrogen-bond donors (Lipinski definition) is 1. The van der Waals surface area contributed by atoms with Crippen molar-refractivity contribution in [3.63, 3.8) is 0 Å². The van der Waals surface area contributed by atoms with E-state index >= 15 is 0 Å². The lowest BCUT2D eigenvalue weighted by molar-refractivity contribution is -0.384. The van der Waals surface area contributed by atoms with Crippen molar-refractivity contribution in [1.82, 2.24) is 4.98 Å².